The molecule has 0 aromatic carbocycles. The summed E-state index contributed by atoms with van der Waals surface area (Å²) in [5.74, 6) is 0.840. The van der Waals surface area contributed by atoms with Gasteiger partial charge < -0.3 is 10.6 Å². The Morgan fingerprint density at radius 2 is 2.25 bits per heavy atom. The van der Waals surface area contributed by atoms with Gasteiger partial charge in [0.1, 0.15) is 5.82 Å². The van der Waals surface area contributed by atoms with E-state index in [4.69, 9.17) is 11.0 Å². The largest absolute Gasteiger partial charge is 0.358 e. The molecule has 1 heterocycles. The Bertz CT molecular complexity index is 381. The quantitative estimate of drug-likeness (QED) is 0.835. The number of aromatic nitrogens is 1. The maximum absolute atomic E-state index is 8.79. The number of anilines is 1. The third kappa shape index (κ3) is 2.94. The van der Waals surface area contributed by atoms with Crippen molar-refractivity contribution >= 4 is 5.82 Å². The molecule has 0 saturated carbocycles. The molecule has 0 bridgehead atoms. The maximum Gasteiger partial charge on any atom is 0.133 e. The van der Waals surface area contributed by atoms with E-state index in [0.29, 0.717) is 6.54 Å². The lowest BCUT2D eigenvalue weighted by atomic mass is 10.1. The highest BCUT2D eigenvalue weighted by molar-refractivity contribution is 5.47. The van der Waals surface area contributed by atoms with Gasteiger partial charge in [-0.3, -0.25) is 0 Å². The van der Waals surface area contributed by atoms with E-state index < -0.39 is 0 Å². The SMILES string of the molecule is CC(C#N)CN(C)c1ncccc1[C@@H](C)N. The van der Waals surface area contributed by atoms with E-state index in [1.807, 2.05) is 37.9 Å². The molecular formula is C12H18N4. The number of nitrogens with two attached hydrogens (primary N) is 1. The molecule has 0 amide bonds. The van der Waals surface area contributed by atoms with Crippen LogP contribution < -0.4 is 10.6 Å². The number of nitrogens with zero attached hydrogens (tertiary/aromatic N) is 3. The minimum absolute atomic E-state index is 0.0204. The normalized spacial score (nSPS) is 13.9. The van der Waals surface area contributed by atoms with Crippen LogP contribution in [-0.2, 0) is 0 Å². The monoisotopic (exact) mass is 218 g/mol. The molecule has 0 aliphatic heterocycles. The van der Waals surface area contributed by atoms with E-state index in [9.17, 15) is 0 Å². The maximum atomic E-state index is 8.79. The van der Waals surface area contributed by atoms with Crippen LogP contribution in [0.5, 0.6) is 0 Å². The number of pyridine rings is 1. The van der Waals surface area contributed by atoms with Gasteiger partial charge in [-0.25, -0.2) is 4.98 Å². The average Bonchev–Trinajstić information content (AvgIpc) is 2.28. The Morgan fingerprint density at radius 3 is 2.81 bits per heavy atom. The van der Waals surface area contributed by atoms with E-state index in [0.717, 1.165) is 11.4 Å². The van der Waals surface area contributed by atoms with E-state index in [2.05, 4.69) is 11.1 Å². The summed E-state index contributed by atoms with van der Waals surface area (Å²) >= 11 is 0. The van der Waals surface area contributed by atoms with Gasteiger partial charge in [0.25, 0.3) is 0 Å². The molecule has 0 spiro atoms. The molecule has 86 valence electrons. The van der Waals surface area contributed by atoms with Crippen molar-refractivity contribution in [2.45, 2.75) is 19.9 Å². The number of nitriles is 1. The molecule has 1 aromatic heterocycles. The van der Waals surface area contributed by atoms with Gasteiger partial charge in [0, 0.05) is 31.4 Å². The standard InChI is InChI=1S/C12H18N4/c1-9(7-13)8-16(3)12-11(10(2)14)5-4-6-15-12/h4-6,9-10H,8,14H2,1-3H3/t9?,10-/m1/s1. The molecule has 4 heteroatoms. The number of rotatable bonds is 4. The molecule has 2 N–H and O–H groups in total. The molecular weight excluding hydrogens is 200 g/mol. The van der Waals surface area contributed by atoms with Gasteiger partial charge in [-0.2, -0.15) is 5.26 Å². The summed E-state index contributed by atoms with van der Waals surface area (Å²) < 4.78 is 0. The minimum Gasteiger partial charge on any atom is -0.358 e. The Labute approximate surface area is 96.7 Å². The molecule has 0 saturated heterocycles. The van der Waals surface area contributed by atoms with Crippen LogP contribution in [0.3, 0.4) is 0 Å². The van der Waals surface area contributed by atoms with Crippen LogP contribution in [0, 0.1) is 17.2 Å². The van der Waals surface area contributed by atoms with Crippen molar-refractivity contribution in [2.24, 2.45) is 11.7 Å². The van der Waals surface area contributed by atoms with Crippen molar-refractivity contribution in [2.75, 3.05) is 18.5 Å². The highest BCUT2D eigenvalue weighted by Gasteiger charge is 2.13. The smallest absolute Gasteiger partial charge is 0.133 e. The third-order valence-corrected chi connectivity index (χ3v) is 2.44. The molecule has 0 aliphatic rings. The molecule has 2 atom stereocenters. The topological polar surface area (TPSA) is 65.9 Å². The lowest BCUT2D eigenvalue weighted by Crippen LogP contribution is -2.26. The summed E-state index contributed by atoms with van der Waals surface area (Å²) in [5, 5.41) is 8.79. The summed E-state index contributed by atoms with van der Waals surface area (Å²) in [6.07, 6.45) is 1.74. The van der Waals surface area contributed by atoms with Crippen molar-refractivity contribution in [3.8, 4) is 6.07 Å². The molecule has 0 radical (unpaired) electrons. The summed E-state index contributed by atoms with van der Waals surface area (Å²) in [6.45, 7) is 4.49. The summed E-state index contributed by atoms with van der Waals surface area (Å²) in [5.41, 5.74) is 6.89. The van der Waals surface area contributed by atoms with Gasteiger partial charge in [-0.1, -0.05) is 6.07 Å². The zero-order valence-electron chi connectivity index (χ0n) is 10.0. The molecule has 0 aliphatic carbocycles. The molecule has 1 rings (SSSR count). The van der Waals surface area contributed by atoms with Gasteiger partial charge in [-0.15, -0.1) is 0 Å². The Morgan fingerprint density at radius 1 is 1.56 bits per heavy atom. The number of hydrogen-bond donors (Lipinski definition) is 1. The van der Waals surface area contributed by atoms with Crippen molar-refractivity contribution in [1.82, 2.24) is 4.98 Å². The second-order valence-electron chi connectivity index (χ2n) is 4.12. The molecule has 4 nitrogen and oxygen atoms in total. The predicted octanol–water partition coefficient (Wildman–Crippen LogP) is 1.70. The van der Waals surface area contributed by atoms with Crippen LogP contribution in [-0.4, -0.2) is 18.6 Å². The van der Waals surface area contributed by atoms with Gasteiger partial charge in [0.05, 0.1) is 12.0 Å². The van der Waals surface area contributed by atoms with Crippen LogP contribution in [0.15, 0.2) is 18.3 Å². The highest BCUT2D eigenvalue weighted by Crippen LogP contribution is 2.21. The second kappa shape index (κ2) is 5.47. The Hall–Kier alpha value is -1.60. The van der Waals surface area contributed by atoms with E-state index in [-0.39, 0.29) is 12.0 Å². The summed E-state index contributed by atoms with van der Waals surface area (Å²) in [7, 11) is 1.93. The summed E-state index contributed by atoms with van der Waals surface area (Å²) in [6, 6.07) is 6.01. The fraction of sp³-hybridized carbons (Fsp3) is 0.500. The van der Waals surface area contributed by atoms with E-state index >= 15 is 0 Å². The van der Waals surface area contributed by atoms with Gasteiger partial charge in [0.15, 0.2) is 0 Å². The first-order chi connectivity index (χ1) is 7.56. The van der Waals surface area contributed by atoms with Crippen LogP contribution in [0.25, 0.3) is 0 Å². The van der Waals surface area contributed by atoms with Crippen LogP contribution >= 0.6 is 0 Å². The highest BCUT2D eigenvalue weighted by atomic mass is 15.2. The first kappa shape index (κ1) is 12.5. The number of hydrogen-bond acceptors (Lipinski definition) is 4. The fourth-order valence-electron chi connectivity index (χ4n) is 1.62. The Balaban J connectivity index is 2.91. The minimum atomic E-state index is -0.0523. The first-order valence-electron chi connectivity index (χ1n) is 5.37. The fourth-order valence-corrected chi connectivity index (χ4v) is 1.62. The lowest BCUT2D eigenvalue weighted by molar-refractivity contribution is 0.700. The third-order valence-electron chi connectivity index (χ3n) is 2.44. The summed E-state index contributed by atoms with van der Waals surface area (Å²) in [4.78, 5) is 6.30. The van der Waals surface area contributed by atoms with Crippen molar-refractivity contribution in [3.63, 3.8) is 0 Å². The molecule has 0 fully saturated rings. The molecule has 1 unspecified atom stereocenters. The van der Waals surface area contributed by atoms with Crippen LogP contribution in [0.1, 0.15) is 25.5 Å². The lowest BCUT2D eigenvalue weighted by Gasteiger charge is -2.23. The van der Waals surface area contributed by atoms with Crippen LogP contribution in [0.4, 0.5) is 5.82 Å². The van der Waals surface area contributed by atoms with Gasteiger partial charge >= 0.3 is 0 Å². The first-order valence-corrected chi connectivity index (χ1v) is 5.37. The Kier molecular flexibility index (Phi) is 4.27. The van der Waals surface area contributed by atoms with Crippen molar-refractivity contribution in [1.29, 1.82) is 5.26 Å². The van der Waals surface area contributed by atoms with E-state index in [1.54, 1.807) is 6.20 Å². The zero-order chi connectivity index (χ0) is 12.1. The molecule has 1 aromatic rings. The van der Waals surface area contributed by atoms with Crippen molar-refractivity contribution in [3.05, 3.63) is 23.9 Å². The van der Waals surface area contributed by atoms with Crippen LogP contribution in [0.2, 0.25) is 0 Å². The van der Waals surface area contributed by atoms with Gasteiger partial charge in [0.2, 0.25) is 0 Å². The molecule has 16 heavy (non-hydrogen) atoms. The predicted molar refractivity (Wildman–Crippen MR) is 64.9 cm³/mol. The van der Waals surface area contributed by atoms with Crippen molar-refractivity contribution < 1.29 is 0 Å². The zero-order valence-corrected chi connectivity index (χ0v) is 10.0. The van der Waals surface area contributed by atoms with Gasteiger partial charge in [-0.05, 0) is 19.9 Å². The van der Waals surface area contributed by atoms with E-state index in [1.165, 1.54) is 0 Å². The second-order valence-corrected chi connectivity index (χ2v) is 4.12. The average molecular weight is 218 g/mol.